The van der Waals surface area contributed by atoms with Gasteiger partial charge in [0, 0.05) is 19.3 Å². The van der Waals surface area contributed by atoms with Crippen LogP contribution in [-0.2, 0) is 11.3 Å². The number of hydrogen-bond donors (Lipinski definition) is 1. The van der Waals surface area contributed by atoms with Gasteiger partial charge in [-0.25, -0.2) is 4.79 Å². The van der Waals surface area contributed by atoms with E-state index < -0.39 is 12.0 Å². The van der Waals surface area contributed by atoms with Crippen molar-refractivity contribution in [2.24, 2.45) is 0 Å². The number of rotatable bonds is 4. The molecule has 1 saturated heterocycles. The van der Waals surface area contributed by atoms with Crippen LogP contribution >= 0.6 is 11.6 Å². The maximum absolute atomic E-state index is 12.5. The number of aliphatic carboxylic acids is 1. The van der Waals surface area contributed by atoms with Crippen LogP contribution in [0.5, 0.6) is 0 Å². The van der Waals surface area contributed by atoms with Gasteiger partial charge in [0.2, 0.25) is 0 Å². The molecule has 1 aromatic rings. The van der Waals surface area contributed by atoms with Crippen LogP contribution in [0.15, 0.2) is 12.3 Å². The summed E-state index contributed by atoms with van der Waals surface area (Å²) in [5.41, 5.74) is 0.472. The van der Waals surface area contributed by atoms with E-state index in [9.17, 15) is 9.59 Å². The van der Waals surface area contributed by atoms with Crippen LogP contribution in [0.25, 0.3) is 0 Å². The third-order valence-corrected chi connectivity index (χ3v) is 3.55. The van der Waals surface area contributed by atoms with Crippen molar-refractivity contribution in [3.63, 3.8) is 0 Å². The zero-order chi connectivity index (χ0) is 14.0. The van der Waals surface area contributed by atoms with E-state index in [1.165, 1.54) is 4.90 Å². The van der Waals surface area contributed by atoms with E-state index in [0.717, 1.165) is 12.8 Å². The van der Waals surface area contributed by atoms with Gasteiger partial charge in [-0.2, -0.15) is 0 Å². The van der Waals surface area contributed by atoms with Crippen molar-refractivity contribution in [2.75, 3.05) is 6.54 Å². The summed E-state index contributed by atoms with van der Waals surface area (Å²) in [5.74, 6) is -1.18. The zero-order valence-electron chi connectivity index (χ0n) is 10.8. The summed E-state index contributed by atoms with van der Waals surface area (Å²) >= 11 is 5.94. The predicted octanol–water partition coefficient (Wildman–Crippen LogP) is 2.24. The Labute approximate surface area is 116 Å². The molecule has 2 rings (SSSR count). The second kappa shape index (κ2) is 5.65. The average Bonchev–Trinajstić information content (AvgIpc) is 2.95. The lowest BCUT2D eigenvalue weighted by Gasteiger charge is -2.22. The number of nitrogens with zero attached hydrogens (tertiary/aromatic N) is 2. The van der Waals surface area contributed by atoms with Crippen molar-refractivity contribution < 1.29 is 14.7 Å². The number of carboxylic acids is 1. The van der Waals surface area contributed by atoms with Gasteiger partial charge < -0.3 is 14.6 Å². The summed E-state index contributed by atoms with van der Waals surface area (Å²) in [5, 5.41) is 9.63. The Morgan fingerprint density at radius 2 is 2.26 bits per heavy atom. The molecular weight excluding hydrogens is 268 g/mol. The van der Waals surface area contributed by atoms with E-state index in [4.69, 9.17) is 16.7 Å². The molecule has 0 bridgehead atoms. The average molecular weight is 285 g/mol. The van der Waals surface area contributed by atoms with Crippen LogP contribution in [0.4, 0.5) is 0 Å². The van der Waals surface area contributed by atoms with Crippen LogP contribution in [-0.4, -0.2) is 39.0 Å². The number of carboxylic acid groups (broad SMARTS) is 1. The molecule has 1 N–H and O–H groups in total. The minimum absolute atomic E-state index is 0.245. The van der Waals surface area contributed by atoms with Gasteiger partial charge in [-0.3, -0.25) is 4.79 Å². The Morgan fingerprint density at radius 3 is 2.89 bits per heavy atom. The van der Waals surface area contributed by atoms with Gasteiger partial charge in [-0.05, 0) is 25.3 Å². The smallest absolute Gasteiger partial charge is 0.326 e. The van der Waals surface area contributed by atoms with Gasteiger partial charge >= 0.3 is 5.97 Å². The van der Waals surface area contributed by atoms with Crippen LogP contribution in [0.3, 0.4) is 0 Å². The molecule has 0 aromatic carbocycles. The Balaban J connectivity index is 2.26. The molecule has 1 aromatic heterocycles. The van der Waals surface area contributed by atoms with E-state index >= 15 is 0 Å². The summed E-state index contributed by atoms with van der Waals surface area (Å²) in [6.07, 6.45) is 3.84. The molecule has 1 unspecified atom stereocenters. The lowest BCUT2D eigenvalue weighted by molar-refractivity contribution is -0.141. The normalized spacial score (nSPS) is 18.8. The maximum Gasteiger partial charge on any atom is 0.326 e. The first-order valence-corrected chi connectivity index (χ1v) is 6.81. The molecule has 1 aliphatic heterocycles. The summed E-state index contributed by atoms with van der Waals surface area (Å²) in [6.45, 7) is 3.20. The fraction of sp³-hybridized carbons (Fsp3) is 0.538. The van der Waals surface area contributed by atoms with Crippen molar-refractivity contribution in [1.82, 2.24) is 9.47 Å². The van der Waals surface area contributed by atoms with E-state index in [2.05, 4.69) is 0 Å². The molecule has 0 radical (unpaired) electrons. The highest BCUT2D eigenvalue weighted by atomic mass is 35.5. The Morgan fingerprint density at radius 1 is 1.53 bits per heavy atom. The monoisotopic (exact) mass is 284 g/mol. The van der Waals surface area contributed by atoms with Crippen LogP contribution in [0, 0.1) is 0 Å². The third kappa shape index (κ3) is 2.76. The zero-order valence-corrected chi connectivity index (χ0v) is 11.6. The molecule has 1 atom stereocenters. The first-order valence-electron chi connectivity index (χ1n) is 6.44. The molecule has 6 heteroatoms. The van der Waals surface area contributed by atoms with E-state index in [1.807, 2.05) is 6.92 Å². The van der Waals surface area contributed by atoms with Crippen molar-refractivity contribution in [1.29, 1.82) is 0 Å². The summed E-state index contributed by atoms with van der Waals surface area (Å²) in [7, 11) is 0. The second-order valence-electron chi connectivity index (χ2n) is 4.73. The summed E-state index contributed by atoms with van der Waals surface area (Å²) in [6, 6.07) is 0.896. The number of hydrogen-bond acceptors (Lipinski definition) is 2. The summed E-state index contributed by atoms with van der Waals surface area (Å²) < 4.78 is 1.79. The van der Waals surface area contributed by atoms with Gasteiger partial charge in [0.15, 0.2) is 0 Å². The third-order valence-electron chi connectivity index (χ3n) is 3.35. The highest BCUT2D eigenvalue weighted by Gasteiger charge is 2.35. The Hall–Kier alpha value is -1.49. The van der Waals surface area contributed by atoms with Gasteiger partial charge in [0.05, 0.1) is 5.02 Å². The first-order chi connectivity index (χ1) is 9.04. The lowest BCUT2D eigenvalue weighted by atomic mass is 10.2. The van der Waals surface area contributed by atoms with E-state index in [0.29, 0.717) is 30.2 Å². The molecule has 104 valence electrons. The quantitative estimate of drug-likeness (QED) is 0.922. The van der Waals surface area contributed by atoms with Gasteiger partial charge in [0.1, 0.15) is 11.7 Å². The molecule has 0 aliphatic carbocycles. The van der Waals surface area contributed by atoms with Crippen molar-refractivity contribution in [2.45, 2.75) is 38.8 Å². The molecule has 0 saturated carbocycles. The number of carbonyl (C=O) groups is 2. The van der Waals surface area contributed by atoms with Gasteiger partial charge in [-0.1, -0.05) is 18.5 Å². The minimum Gasteiger partial charge on any atom is -0.480 e. The molecule has 19 heavy (non-hydrogen) atoms. The second-order valence-corrected chi connectivity index (χ2v) is 5.17. The fourth-order valence-corrected chi connectivity index (χ4v) is 2.71. The number of halogens is 1. The standard InChI is InChI=1S/C13H17ClN2O3/c1-2-5-15-8-9(14)7-11(15)12(17)16-6-3-4-10(16)13(18)19/h7-8,10H,2-6H2,1H3,(H,18,19). The maximum atomic E-state index is 12.5. The SMILES string of the molecule is CCCn1cc(Cl)cc1C(=O)N1CCCC1C(=O)O. The largest absolute Gasteiger partial charge is 0.480 e. The van der Waals surface area contributed by atoms with Gasteiger partial charge in [-0.15, -0.1) is 0 Å². The minimum atomic E-state index is -0.939. The van der Waals surface area contributed by atoms with Crippen LogP contribution in [0.1, 0.15) is 36.7 Å². The Bertz CT molecular complexity index is 498. The van der Waals surface area contributed by atoms with Gasteiger partial charge in [0.25, 0.3) is 5.91 Å². The Kier molecular flexibility index (Phi) is 4.14. The number of carbonyl (C=O) groups excluding carboxylic acids is 1. The molecular formula is C13H17ClN2O3. The van der Waals surface area contributed by atoms with E-state index in [1.54, 1.807) is 16.8 Å². The molecule has 2 heterocycles. The molecule has 0 spiro atoms. The molecule has 1 fully saturated rings. The molecule has 1 amide bonds. The summed E-state index contributed by atoms with van der Waals surface area (Å²) in [4.78, 5) is 25.0. The number of aryl methyl sites for hydroxylation is 1. The fourth-order valence-electron chi connectivity index (χ4n) is 2.49. The number of likely N-dealkylation sites (tertiary alicyclic amines) is 1. The van der Waals surface area contributed by atoms with Crippen molar-refractivity contribution in [3.8, 4) is 0 Å². The van der Waals surface area contributed by atoms with Crippen molar-refractivity contribution >= 4 is 23.5 Å². The number of aromatic nitrogens is 1. The van der Waals surface area contributed by atoms with Crippen molar-refractivity contribution in [3.05, 3.63) is 23.0 Å². The highest BCUT2D eigenvalue weighted by molar-refractivity contribution is 6.31. The predicted molar refractivity (Wildman–Crippen MR) is 71.4 cm³/mol. The molecule has 5 nitrogen and oxygen atoms in total. The van der Waals surface area contributed by atoms with Crippen LogP contribution in [0.2, 0.25) is 5.02 Å². The number of amides is 1. The highest BCUT2D eigenvalue weighted by Crippen LogP contribution is 2.23. The topological polar surface area (TPSA) is 62.5 Å². The van der Waals surface area contributed by atoms with Crippen LogP contribution < -0.4 is 0 Å². The first kappa shape index (κ1) is 13.9. The molecule has 1 aliphatic rings. The lowest BCUT2D eigenvalue weighted by Crippen LogP contribution is -2.41. The van der Waals surface area contributed by atoms with E-state index in [-0.39, 0.29) is 5.91 Å².